The number of hydrogen-bond donors (Lipinski definition) is 1. The molecule has 170 valence electrons. The van der Waals surface area contributed by atoms with E-state index in [0.29, 0.717) is 18.3 Å². The Hall–Kier alpha value is -2.76. The molecule has 1 aliphatic rings. The SMILES string of the molecule is CC(C)(C)c1cc2nccc(C3CCC(CNC(=O)CCCc4ccccn4)CC3)n2n1. The summed E-state index contributed by atoms with van der Waals surface area (Å²) in [6.45, 7) is 7.35. The molecule has 3 heterocycles. The summed E-state index contributed by atoms with van der Waals surface area (Å²) < 4.78 is 2.05. The average molecular weight is 434 g/mol. The van der Waals surface area contributed by atoms with Gasteiger partial charge in [0, 0.05) is 54.1 Å². The zero-order valence-electron chi connectivity index (χ0n) is 19.6. The van der Waals surface area contributed by atoms with Gasteiger partial charge in [-0.2, -0.15) is 5.10 Å². The number of nitrogens with zero attached hydrogens (tertiary/aromatic N) is 4. The molecule has 0 aliphatic heterocycles. The van der Waals surface area contributed by atoms with Crippen molar-refractivity contribution in [3.63, 3.8) is 0 Å². The third-order valence-corrected chi connectivity index (χ3v) is 6.57. The van der Waals surface area contributed by atoms with E-state index in [4.69, 9.17) is 5.10 Å². The minimum absolute atomic E-state index is 0.0123. The van der Waals surface area contributed by atoms with Crippen LogP contribution in [0.4, 0.5) is 0 Å². The fraction of sp³-hybridized carbons (Fsp3) is 0.538. The van der Waals surface area contributed by atoms with Gasteiger partial charge in [-0.3, -0.25) is 9.78 Å². The van der Waals surface area contributed by atoms with Gasteiger partial charge < -0.3 is 5.32 Å². The number of rotatable bonds is 7. The van der Waals surface area contributed by atoms with Crippen molar-refractivity contribution in [3.05, 3.63) is 59.8 Å². The highest BCUT2D eigenvalue weighted by atomic mass is 16.1. The summed E-state index contributed by atoms with van der Waals surface area (Å²) in [6, 6.07) is 10.2. The van der Waals surface area contributed by atoms with E-state index in [-0.39, 0.29) is 11.3 Å². The lowest BCUT2D eigenvalue weighted by molar-refractivity contribution is -0.121. The first-order chi connectivity index (χ1) is 15.4. The smallest absolute Gasteiger partial charge is 0.220 e. The number of hydrogen-bond acceptors (Lipinski definition) is 4. The van der Waals surface area contributed by atoms with Crippen molar-refractivity contribution in [1.82, 2.24) is 24.9 Å². The molecule has 32 heavy (non-hydrogen) atoms. The molecule has 1 amide bonds. The molecule has 0 bridgehead atoms. The van der Waals surface area contributed by atoms with Gasteiger partial charge in [0.1, 0.15) is 0 Å². The molecular weight excluding hydrogens is 398 g/mol. The molecule has 1 saturated carbocycles. The van der Waals surface area contributed by atoms with E-state index in [1.165, 1.54) is 5.69 Å². The lowest BCUT2D eigenvalue weighted by Gasteiger charge is -2.29. The highest BCUT2D eigenvalue weighted by molar-refractivity contribution is 5.75. The molecule has 4 rings (SSSR count). The lowest BCUT2D eigenvalue weighted by Crippen LogP contribution is -2.31. The van der Waals surface area contributed by atoms with Crippen LogP contribution < -0.4 is 5.32 Å². The number of fused-ring (bicyclic) bond motifs is 1. The Morgan fingerprint density at radius 1 is 1.09 bits per heavy atom. The van der Waals surface area contributed by atoms with Crippen molar-refractivity contribution >= 4 is 11.6 Å². The second-order valence-electron chi connectivity index (χ2n) is 10.1. The van der Waals surface area contributed by atoms with Crippen molar-refractivity contribution in [2.45, 2.75) is 77.0 Å². The average Bonchev–Trinajstić information content (AvgIpc) is 3.24. The zero-order chi connectivity index (χ0) is 22.6. The summed E-state index contributed by atoms with van der Waals surface area (Å²) in [7, 11) is 0. The van der Waals surface area contributed by atoms with Gasteiger partial charge in [-0.25, -0.2) is 9.50 Å². The molecule has 0 spiro atoms. The van der Waals surface area contributed by atoms with Crippen LogP contribution in [0, 0.1) is 5.92 Å². The van der Waals surface area contributed by atoms with E-state index in [1.807, 2.05) is 24.4 Å². The molecule has 0 atom stereocenters. The second-order valence-corrected chi connectivity index (χ2v) is 10.1. The summed E-state index contributed by atoms with van der Waals surface area (Å²) in [5.74, 6) is 1.22. The van der Waals surface area contributed by atoms with E-state index in [1.54, 1.807) is 6.20 Å². The number of carbonyl (C=O) groups is 1. The molecule has 0 saturated heterocycles. The highest BCUT2D eigenvalue weighted by Gasteiger charge is 2.26. The quantitative estimate of drug-likeness (QED) is 0.579. The Morgan fingerprint density at radius 3 is 2.62 bits per heavy atom. The largest absolute Gasteiger partial charge is 0.356 e. The zero-order valence-corrected chi connectivity index (χ0v) is 19.6. The van der Waals surface area contributed by atoms with Crippen LogP contribution in [0.1, 0.15) is 82.3 Å². The predicted molar refractivity (Wildman–Crippen MR) is 127 cm³/mol. The molecule has 1 fully saturated rings. The van der Waals surface area contributed by atoms with Gasteiger partial charge in [-0.15, -0.1) is 0 Å². The molecule has 0 radical (unpaired) electrons. The van der Waals surface area contributed by atoms with Crippen molar-refractivity contribution in [2.75, 3.05) is 6.54 Å². The molecule has 6 nitrogen and oxygen atoms in total. The number of pyridine rings is 1. The van der Waals surface area contributed by atoms with E-state index in [2.05, 4.69) is 52.7 Å². The molecule has 6 heteroatoms. The standard InChI is InChI=1S/C26H35N5O/c1-26(2,3)23-17-24-28-16-14-22(31(24)30-23)20-12-10-19(11-13-20)18-29-25(32)9-6-8-21-7-4-5-15-27-21/h4-5,7,14-17,19-20H,6,8-13,18H2,1-3H3,(H,29,32). The Kier molecular flexibility index (Phi) is 6.87. The molecule has 3 aromatic rings. The van der Waals surface area contributed by atoms with E-state index in [9.17, 15) is 4.79 Å². The maximum absolute atomic E-state index is 12.2. The Balaban J connectivity index is 1.25. The summed E-state index contributed by atoms with van der Waals surface area (Å²) in [5, 5.41) is 8.04. The Labute approximate surface area is 190 Å². The second kappa shape index (κ2) is 9.80. The first kappa shape index (κ1) is 22.4. The molecule has 0 unspecified atom stereocenters. The van der Waals surface area contributed by atoms with Crippen LogP contribution in [-0.2, 0) is 16.6 Å². The summed E-state index contributed by atoms with van der Waals surface area (Å²) >= 11 is 0. The molecule has 3 aromatic heterocycles. The van der Waals surface area contributed by atoms with Gasteiger partial charge in [-0.1, -0.05) is 26.8 Å². The van der Waals surface area contributed by atoms with Crippen LogP contribution >= 0.6 is 0 Å². The van der Waals surface area contributed by atoms with Gasteiger partial charge in [-0.05, 0) is 62.6 Å². The van der Waals surface area contributed by atoms with Crippen LogP contribution in [0.25, 0.3) is 5.65 Å². The van der Waals surface area contributed by atoms with E-state index < -0.39 is 0 Å². The summed E-state index contributed by atoms with van der Waals surface area (Å²) in [6.07, 6.45) is 10.5. The maximum Gasteiger partial charge on any atom is 0.220 e. The molecule has 1 N–H and O–H groups in total. The molecule has 1 aliphatic carbocycles. The van der Waals surface area contributed by atoms with Crippen LogP contribution in [0.15, 0.2) is 42.7 Å². The van der Waals surface area contributed by atoms with Crippen LogP contribution in [0.5, 0.6) is 0 Å². The number of nitrogens with one attached hydrogen (secondary N) is 1. The van der Waals surface area contributed by atoms with Gasteiger partial charge >= 0.3 is 0 Å². The van der Waals surface area contributed by atoms with Crippen molar-refractivity contribution < 1.29 is 4.79 Å². The van der Waals surface area contributed by atoms with Crippen LogP contribution in [0.2, 0.25) is 0 Å². The first-order valence-corrected chi connectivity index (χ1v) is 11.9. The van der Waals surface area contributed by atoms with E-state index >= 15 is 0 Å². The monoisotopic (exact) mass is 433 g/mol. The Morgan fingerprint density at radius 2 is 1.91 bits per heavy atom. The molecular formula is C26H35N5O. The highest BCUT2D eigenvalue weighted by Crippen LogP contribution is 2.36. The minimum atomic E-state index is 0.0123. The topological polar surface area (TPSA) is 72.2 Å². The van der Waals surface area contributed by atoms with Gasteiger partial charge in [0.05, 0.1) is 5.69 Å². The van der Waals surface area contributed by atoms with Gasteiger partial charge in [0.25, 0.3) is 0 Å². The maximum atomic E-state index is 12.2. The third-order valence-electron chi connectivity index (χ3n) is 6.57. The normalized spacial score (nSPS) is 19.2. The first-order valence-electron chi connectivity index (χ1n) is 11.9. The number of aromatic nitrogens is 4. The van der Waals surface area contributed by atoms with Crippen molar-refractivity contribution in [1.29, 1.82) is 0 Å². The summed E-state index contributed by atoms with van der Waals surface area (Å²) in [4.78, 5) is 21.1. The van der Waals surface area contributed by atoms with Gasteiger partial charge in [0.2, 0.25) is 5.91 Å². The fourth-order valence-electron chi connectivity index (χ4n) is 4.57. The lowest BCUT2D eigenvalue weighted by atomic mass is 9.80. The number of amides is 1. The fourth-order valence-corrected chi connectivity index (χ4v) is 4.57. The van der Waals surface area contributed by atoms with E-state index in [0.717, 1.165) is 62.1 Å². The van der Waals surface area contributed by atoms with Crippen LogP contribution in [-0.4, -0.2) is 32.0 Å². The van der Waals surface area contributed by atoms with Gasteiger partial charge in [0.15, 0.2) is 5.65 Å². The van der Waals surface area contributed by atoms with Crippen molar-refractivity contribution in [2.24, 2.45) is 5.92 Å². The Bertz CT molecular complexity index is 1030. The minimum Gasteiger partial charge on any atom is -0.356 e. The number of carbonyl (C=O) groups excluding carboxylic acids is 1. The number of aryl methyl sites for hydroxylation is 1. The molecule has 0 aromatic carbocycles. The predicted octanol–water partition coefficient (Wildman–Crippen LogP) is 4.83. The summed E-state index contributed by atoms with van der Waals surface area (Å²) in [5.41, 5.74) is 4.35. The third kappa shape index (κ3) is 5.53. The van der Waals surface area contributed by atoms with Crippen molar-refractivity contribution in [3.8, 4) is 0 Å². The van der Waals surface area contributed by atoms with Crippen LogP contribution in [0.3, 0.4) is 0 Å².